The van der Waals surface area contributed by atoms with E-state index in [0.29, 0.717) is 37.4 Å². The molecule has 0 spiro atoms. The Morgan fingerprint density at radius 1 is 1.21 bits per heavy atom. The molecule has 7 nitrogen and oxygen atoms in total. The molecule has 2 fully saturated rings. The molecule has 2 aliphatic rings. The van der Waals surface area contributed by atoms with Crippen LogP contribution in [-0.4, -0.2) is 77.4 Å². The summed E-state index contributed by atoms with van der Waals surface area (Å²) >= 11 is 0. The zero-order chi connectivity index (χ0) is 20.4. The highest BCUT2D eigenvalue weighted by Gasteiger charge is 2.37. The lowest BCUT2D eigenvalue weighted by atomic mass is 10.1. The molecule has 1 aromatic rings. The standard InChI is InChI=1S/C20H26FN3O4/c1-13(20(27)28)24(16-4-5-16)12-19(26)23-9-7-22(8-10-23)18-6-3-15(14(2)25)11-17(18)21/h3,6,11,13,16H,4-5,7-10,12H2,1-2H3,(H,27,28). The number of ketones is 1. The Balaban J connectivity index is 1.58. The summed E-state index contributed by atoms with van der Waals surface area (Å²) < 4.78 is 14.3. The van der Waals surface area contributed by atoms with Crippen LogP contribution in [-0.2, 0) is 9.59 Å². The number of carboxylic acid groups (broad SMARTS) is 1. The lowest BCUT2D eigenvalue weighted by Gasteiger charge is -2.37. The summed E-state index contributed by atoms with van der Waals surface area (Å²) in [6.45, 7) is 4.98. The van der Waals surface area contributed by atoms with Gasteiger partial charge in [0.25, 0.3) is 0 Å². The van der Waals surface area contributed by atoms with Gasteiger partial charge in [0.2, 0.25) is 5.91 Å². The van der Waals surface area contributed by atoms with Gasteiger partial charge in [0.15, 0.2) is 5.78 Å². The molecule has 0 radical (unpaired) electrons. The molecule has 8 heteroatoms. The molecule has 0 aromatic heterocycles. The number of Topliss-reactive ketones (excluding diaryl/α,β-unsaturated/α-hetero) is 1. The monoisotopic (exact) mass is 391 g/mol. The third-order valence-electron chi connectivity index (χ3n) is 5.52. The van der Waals surface area contributed by atoms with Crippen molar-refractivity contribution in [2.75, 3.05) is 37.6 Å². The highest BCUT2D eigenvalue weighted by molar-refractivity contribution is 5.94. The van der Waals surface area contributed by atoms with Gasteiger partial charge < -0.3 is 14.9 Å². The smallest absolute Gasteiger partial charge is 0.320 e. The second-order valence-corrected chi connectivity index (χ2v) is 7.51. The quantitative estimate of drug-likeness (QED) is 0.712. The van der Waals surface area contributed by atoms with E-state index in [-0.39, 0.29) is 24.3 Å². The predicted molar refractivity (Wildman–Crippen MR) is 102 cm³/mol. The summed E-state index contributed by atoms with van der Waals surface area (Å²) in [6, 6.07) is 3.94. The minimum atomic E-state index is -0.922. The van der Waals surface area contributed by atoms with Crippen molar-refractivity contribution in [3.05, 3.63) is 29.6 Å². The van der Waals surface area contributed by atoms with E-state index in [9.17, 15) is 23.9 Å². The molecule has 28 heavy (non-hydrogen) atoms. The van der Waals surface area contributed by atoms with E-state index >= 15 is 0 Å². The molecular weight excluding hydrogens is 365 g/mol. The Kier molecular flexibility index (Phi) is 5.98. The highest BCUT2D eigenvalue weighted by Crippen LogP contribution is 2.29. The number of hydrogen-bond acceptors (Lipinski definition) is 5. The molecule has 1 saturated carbocycles. The number of benzene rings is 1. The van der Waals surface area contributed by atoms with Crippen LogP contribution in [0.25, 0.3) is 0 Å². The number of hydrogen-bond donors (Lipinski definition) is 1. The first kappa shape index (κ1) is 20.3. The van der Waals surface area contributed by atoms with E-state index in [1.807, 2.05) is 4.90 Å². The third kappa shape index (κ3) is 4.49. The van der Waals surface area contributed by atoms with Gasteiger partial charge in [-0.15, -0.1) is 0 Å². The Labute approximate surface area is 163 Å². The van der Waals surface area contributed by atoms with Crippen molar-refractivity contribution in [3.8, 4) is 0 Å². The summed E-state index contributed by atoms with van der Waals surface area (Å²) in [7, 11) is 0. The van der Waals surface area contributed by atoms with Crippen LogP contribution < -0.4 is 4.90 Å². The number of rotatable bonds is 7. The lowest BCUT2D eigenvalue weighted by molar-refractivity contribution is -0.144. The van der Waals surface area contributed by atoms with Crippen molar-refractivity contribution in [2.24, 2.45) is 0 Å². The Morgan fingerprint density at radius 2 is 1.86 bits per heavy atom. The molecule has 3 rings (SSSR count). The number of carbonyl (C=O) groups is 3. The topological polar surface area (TPSA) is 81.2 Å². The van der Waals surface area contributed by atoms with Gasteiger partial charge in [-0.1, -0.05) is 0 Å². The second kappa shape index (κ2) is 8.26. The van der Waals surface area contributed by atoms with Crippen molar-refractivity contribution in [1.82, 2.24) is 9.80 Å². The summed E-state index contributed by atoms with van der Waals surface area (Å²) in [4.78, 5) is 40.7. The number of halogens is 1. The van der Waals surface area contributed by atoms with Gasteiger partial charge in [-0.3, -0.25) is 19.3 Å². The fraction of sp³-hybridized carbons (Fsp3) is 0.550. The van der Waals surface area contributed by atoms with E-state index in [2.05, 4.69) is 0 Å². The third-order valence-corrected chi connectivity index (χ3v) is 5.52. The fourth-order valence-corrected chi connectivity index (χ4v) is 3.57. The number of aliphatic carboxylic acids is 1. The van der Waals surface area contributed by atoms with Crippen LogP contribution >= 0.6 is 0 Å². The maximum absolute atomic E-state index is 14.3. The Hall–Kier alpha value is -2.48. The lowest BCUT2D eigenvalue weighted by Crippen LogP contribution is -2.53. The zero-order valence-electron chi connectivity index (χ0n) is 16.2. The molecule has 1 heterocycles. The first-order valence-electron chi connectivity index (χ1n) is 9.59. The van der Waals surface area contributed by atoms with E-state index in [1.54, 1.807) is 28.9 Å². The maximum Gasteiger partial charge on any atom is 0.320 e. The van der Waals surface area contributed by atoms with Crippen LogP contribution in [0.5, 0.6) is 0 Å². The number of carbonyl (C=O) groups excluding carboxylic acids is 2. The number of carboxylic acids is 1. The van der Waals surface area contributed by atoms with Crippen molar-refractivity contribution < 1.29 is 23.9 Å². The van der Waals surface area contributed by atoms with Crippen molar-refractivity contribution >= 4 is 23.3 Å². The number of anilines is 1. The first-order chi connectivity index (χ1) is 13.3. The largest absolute Gasteiger partial charge is 0.480 e. The average molecular weight is 391 g/mol. The zero-order valence-corrected chi connectivity index (χ0v) is 16.2. The predicted octanol–water partition coefficient (Wildman–Crippen LogP) is 1.61. The summed E-state index contributed by atoms with van der Waals surface area (Å²) in [5.41, 5.74) is 0.763. The van der Waals surface area contributed by atoms with Gasteiger partial charge in [0.05, 0.1) is 12.2 Å². The minimum absolute atomic E-state index is 0.0907. The SMILES string of the molecule is CC(=O)c1ccc(N2CCN(C(=O)CN(C3CC3)C(C)C(=O)O)CC2)c(F)c1. The van der Waals surface area contributed by atoms with E-state index < -0.39 is 17.8 Å². The molecule has 1 atom stereocenters. The highest BCUT2D eigenvalue weighted by atomic mass is 19.1. The van der Waals surface area contributed by atoms with Gasteiger partial charge in [0.1, 0.15) is 11.9 Å². The first-order valence-corrected chi connectivity index (χ1v) is 9.59. The number of nitrogens with zero attached hydrogens (tertiary/aromatic N) is 3. The number of piperazine rings is 1. The molecule has 1 amide bonds. The Morgan fingerprint density at radius 3 is 2.36 bits per heavy atom. The van der Waals surface area contributed by atoms with Crippen molar-refractivity contribution in [2.45, 2.75) is 38.8 Å². The van der Waals surface area contributed by atoms with Gasteiger partial charge >= 0.3 is 5.97 Å². The Bertz CT molecular complexity index is 773. The van der Waals surface area contributed by atoms with Crippen molar-refractivity contribution in [3.63, 3.8) is 0 Å². The normalized spacial score (nSPS) is 18.3. The molecule has 1 aliphatic heterocycles. The van der Waals surface area contributed by atoms with Crippen molar-refractivity contribution in [1.29, 1.82) is 0 Å². The van der Waals surface area contributed by atoms with Crippen LogP contribution in [0.1, 0.15) is 37.0 Å². The summed E-state index contributed by atoms with van der Waals surface area (Å²) in [5.74, 6) is -1.64. The van der Waals surface area contributed by atoms with Gasteiger partial charge in [-0.2, -0.15) is 0 Å². The molecular formula is C20H26FN3O4. The molecule has 1 saturated heterocycles. The molecule has 1 unspecified atom stereocenters. The van der Waals surface area contributed by atoms with Crippen LogP contribution in [0.15, 0.2) is 18.2 Å². The molecule has 1 N–H and O–H groups in total. The molecule has 1 aliphatic carbocycles. The minimum Gasteiger partial charge on any atom is -0.480 e. The van der Waals surface area contributed by atoms with E-state index in [0.717, 1.165) is 12.8 Å². The molecule has 0 bridgehead atoms. The molecule has 152 valence electrons. The van der Waals surface area contributed by atoms with Crippen LogP contribution in [0.4, 0.5) is 10.1 Å². The fourth-order valence-electron chi connectivity index (χ4n) is 3.57. The van der Waals surface area contributed by atoms with Gasteiger partial charge in [-0.05, 0) is 44.9 Å². The van der Waals surface area contributed by atoms with Crippen LogP contribution in [0.2, 0.25) is 0 Å². The van der Waals surface area contributed by atoms with Gasteiger partial charge in [0, 0.05) is 37.8 Å². The van der Waals surface area contributed by atoms with Crippen LogP contribution in [0.3, 0.4) is 0 Å². The van der Waals surface area contributed by atoms with E-state index in [4.69, 9.17) is 0 Å². The maximum atomic E-state index is 14.3. The summed E-state index contributed by atoms with van der Waals surface area (Å²) in [5, 5.41) is 9.26. The molecule has 1 aromatic carbocycles. The summed E-state index contributed by atoms with van der Waals surface area (Å²) in [6.07, 6.45) is 1.85. The van der Waals surface area contributed by atoms with Gasteiger partial charge in [-0.25, -0.2) is 4.39 Å². The van der Waals surface area contributed by atoms with E-state index in [1.165, 1.54) is 13.0 Å². The van der Waals surface area contributed by atoms with Crippen LogP contribution in [0, 0.1) is 5.82 Å². The average Bonchev–Trinajstić information content (AvgIpc) is 3.50. The number of amides is 1. The second-order valence-electron chi connectivity index (χ2n) is 7.51.